The van der Waals surface area contributed by atoms with E-state index < -0.39 is 11.2 Å². The molecule has 1 aromatic rings. The van der Waals surface area contributed by atoms with E-state index in [1.54, 1.807) is 6.07 Å². The molecule has 0 atom stereocenters. The van der Waals surface area contributed by atoms with Gasteiger partial charge in [0.25, 0.3) is 0 Å². The SMILES string of the molecule is [B]C([B])(N)c1c(F)ccc2c1CCO2. The average molecular weight is 187 g/mol. The molecule has 2 N–H and O–H groups in total. The highest BCUT2D eigenvalue weighted by molar-refractivity contribution is 6.39. The van der Waals surface area contributed by atoms with Crippen molar-refractivity contribution >= 4 is 15.7 Å². The first-order chi connectivity index (χ1) is 6.50. The van der Waals surface area contributed by atoms with Gasteiger partial charge >= 0.3 is 0 Å². The Bertz CT molecular complexity index is 376. The molecule has 0 spiro atoms. The standard InChI is InChI=1S/C9H8B2FNO/c10-9(11,13)8-5-3-4-14-7(5)2-1-6(8)12/h1-2H,3-4,13H2. The summed E-state index contributed by atoms with van der Waals surface area (Å²) in [5.41, 5.74) is 6.31. The molecule has 1 heterocycles. The molecule has 1 aliphatic heterocycles. The maximum atomic E-state index is 13.4. The van der Waals surface area contributed by atoms with E-state index in [-0.39, 0.29) is 5.56 Å². The minimum absolute atomic E-state index is 0.146. The first-order valence-corrected chi connectivity index (χ1v) is 4.31. The van der Waals surface area contributed by atoms with Crippen molar-refractivity contribution in [2.45, 2.75) is 11.8 Å². The molecule has 2 rings (SSSR count). The van der Waals surface area contributed by atoms with E-state index in [4.69, 9.17) is 26.2 Å². The summed E-state index contributed by atoms with van der Waals surface area (Å²) in [6.07, 6.45) is 0.593. The third-order valence-corrected chi connectivity index (χ3v) is 2.26. The molecule has 2 nitrogen and oxygen atoms in total. The van der Waals surface area contributed by atoms with Gasteiger partial charge in [0.15, 0.2) is 0 Å². The van der Waals surface area contributed by atoms with Crippen molar-refractivity contribution in [1.29, 1.82) is 0 Å². The van der Waals surface area contributed by atoms with Gasteiger partial charge in [-0.25, -0.2) is 4.39 Å². The van der Waals surface area contributed by atoms with E-state index in [1.807, 2.05) is 0 Å². The lowest BCUT2D eigenvalue weighted by molar-refractivity contribution is 0.356. The molecule has 1 aliphatic rings. The molecular weight excluding hydrogens is 179 g/mol. The molecule has 14 heavy (non-hydrogen) atoms. The number of hydrogen-bond acceptors (Lipinski definition) is 2. The normalized spacial score (nSPS) is 15.0. The van der Waals surface area contributed by atoms with Gasteiger partial charge in [-0.15, -0.1) is 0 Å². The van der Waals surface area contributed by atoms with Crippen LogP contribution in [0.4, 0.5) is 4.39 Å². The summed E-state index contributed by atoms with van der Waals surface area (Å²) in [6.45, 7) is 0.516. The van der Waals surface area contributed by atoms with Crippen LogP contribution in [0.15, 0.2) is 12.1 Å². The van der Waals surface area contributed by atoms with Crippen LogP contribution in [0, 0.1) is 5.82 Å². The van der Waals surface area contributed by atoms with Crippen molar-refractivity contribution in [3.05, 3.63) is 29.1 Å². The number of ether oxygens (including phenoxy) is 1. The predicted octanol–water partition coefficient (Wildman–Crippen LogP) is 0.167. The fourth-order valence-electron chi connectivity index (χ4n) is 1.71. The van der Waals surface area contributed by atoms with Gasteiger partial charge < -0.3 is 10.5 Å². The van der Waals surface area contributed by atoms with Crippen molar-refractivity contribution in [3.63, 3.8) is 0 Å². The van der Waals surface area contributed by atoms with Crippen LogP contribution in [0.1, 0.15) is 11.1 Å². The smallest absolute Gasteiger partial charge is 0.127 e. The molecule has 68 valence electrons. The van der Waals surface area contributed by atoms with E-state index in [1.165, 1.54) is 6.07 Å². The van der Waals surface area contributed by atoms with Gasteiger partial charge in [-0.2, -0.15) is 0 Å². The second kappa shape index (κ2) is 3.02. The van der Waals surface area contributed by atoms with Crippen LogP contribution in [-0.2, 0) is 11.8 Å². The fraction of sp³-hybridized carbons (Fsp3) is 0.333. The third-order valence-electron chi connectivity index (χ3n) is 2.26. The quantitative estimate of drug-likeness (QED) is 0.635. The molecule has 0 amide bonds. The van der Waals surface area contributed by atoms with Gasteiger partial charge in [0.1, 0.15) is 11.6 Å². The van der Waals surface area contributed by atoms with Crippen LogP contribution in [0.2, 0.25) is 0 Å². The van der Waals surface area contributed by atoms with Crippen LogP contribution in [-0.4, -0.2) is 22.3 Å². The van der Waals surface area contributed by atoms with E-state index in [0.717, 1.165) is 0 Å². The molecule has 0 bridgehead atoms. The Hall–Kier alpha value is -0.960. The van der Waals surface area contributed by atoms with Gasteiger partial charge in [0.05, 0.1) is 22.3 Å². The van der Waals surface area contributed by atoms with Gasteiger partial charge in [-0.05, 0) is 23.0 Å². The zero-order valence-corrected chi connectivity index (χ0v) is 7.59. The Morgan fingerprint density at radius 3 is 2.79 bits per heavy atom. The average Bonchev–Trinajstić information content (AvgIpc) is 2.48. The Morgan fingerprint density at radius 1 is 1.43 bits per heavy atom. The van der Waals surface area contributed by atoms with E-state index in [2.05, 4.69) is 0 Å². The van der Waals surface area contributed by atoms with Crippen molar-refractivity contribution in [2.24, 2.45) is 5.73 Å². The predicted molar refractivity (Wildman–Crippen MR) is 53.0 cm³/mol. The summed E-state index contributed by atoms with van der Waals surface area (Å²) in [7, 11) is 11.0. The molecule has 0 aliphatic carbocycles. The fourth-order valence-corrected chi connectivity index (χ4v) is 1.71. The number of halogens is 1. The van der Waals surface area contributed by atoms with Gasteiger partial charge in [0.2, 0.25) is 0 Å². The number of rotatable bonds is 1. The number of hydrogen-bond donors (Lipinski definition) is 1. The lowest BCUT2D eigenvalue weighted by Gasteiger charge is -2.23. The highest BCUT2D eigenvalue weighted by Gasteiger charge is 2.26. The molecule has 5 heteroatoms. The first-order valence-electron chi connectivity index (χ1n) is 4.31. The lowest BCUT2D eigenvalue weighted by atomic mass is 9.58. The molecule has 0 saturated heterocycles. The Kier molecular flexibility index (Phi) is 2.07. The van der Waals surface area contributed by atoms with Crippen LogP contribution >= 0.6 is 0 Å². The maximum Gasteiger partial charge on any atom is 0.127 e. The Balaban J connectivity index is 2.63. The van der Waals surface area contributed by atoms with Crippen LogP contribution in [0.25, 0.3) is 0 Å². The van der Waals surface area contributed by atoms with E-state index in [0.29, 0.717) is 24.3 Å². The summed E-state index contributed by atoms with van der Waals surface area (Å²) in [5, 5.41) is -1.65. The summed E-state index contributed by atoms with van der Waals surface area (Å²) in [4.78, 5) is 0. The van der Waals surface area contributed by atoms with Crippen molar-refractivity contribution in [2.75, 3.05) is 6.61 Å². The van der Waals surface area contributed by atoms with E-state index >= 15 is 0 Å². The highest BCUT2D eigenvalue weighted by atomic mass is 19.1. The zero-order chi connectivity index (χ0) is 10.3. The van der Waals surface area contributed by atoms with Crippen LogP contribution < -0.4 is 10.5 Å². The highest BCUT2D eigenvalue weighted by Crippen LogP contribution is 2.33. The molecule has 0 fully saturated rings. The summed E-state index contributed by atoms with van der Waals surface area (Å²) >= 11 is 0. The monoisotopic (exact) mass is 187 g/mol. The number of nitrogens with two attached hydrogens (primary N) is 1. The zero-order valence-electron chi connectivity index (χ0n) is 7.59. The van der Waals surface area contributed by atoms with Crippen LogP contribution in [0.5, 0.6) is 5.75 Å². The van der Waals surface area contributed by atoms with Crippen molar-refractivity contribution in [1.82, 2.24) is 0 Å². The van der Waals surface area contributed by atoms with Gasteiger partial charge in [-0.1, -0.05) is 0 Å². The van der Waals surface area contributed by atoms with E-state index in [9.17, 15) is 4.39 Å². The number of benzene rings is 1. The topological polar surface area (TPSA) is 35.2 Å². The minimum Gasteiger partial charge on any atom is -0.493 e. The molecule has 1 aromatic carbocycles. The molecule has 0 saturated carbocycles. The molecule has 0 aromatic heterocycles. The summed E-state index contributed by atoms with van der Waals surface area (Å²) in [6, 6.07) is 2.83. The van der Waals surface area contributed by atoms with Crippen LogP contribution in [0.3, 0.4) is 0 Å². The molecule has 4 radical (unpaired) electrons. The Morgan fingerprint density at radius 2 is 2.14 bits per heavy atom. The summed E-state index contributed by atoms with van der Waals surface area (Å²) < 4.78 is 18.7. The summed E-state index contributed by atoms with van der Waals surface area (Å²) in [5.74, 6) is 0.133. The van der Waals surface area contributed by atoms with Crippen molar-refractivity contribution in [3.8, 4) is 5.75 Å². The van der Waals surface area contributed by atoms with Crippen molar-refractivity contribution < 1.29 is 9.13 Å². The second-order valence-electron chi connectivity index (χ2n) is 3.43. The number of fused-ring (bicyclic) bond motifs is 1. The largest absolute Gasteiger partial charge is 0.493 e. The molecular formula is C9H8B2FNO. The second-order valence-corrected chi connectivity index (χ2v) is 3.43. The first kappa shape index (κ1) is 9.59. The van der Waals surface area contributed by atoms with Gasteiger partial charge in [0, 0.05) is 12.0 Å². The molecule has 0 unspecified atom stereocenters. The minimum atomic E-state index is -1.65. The third kappa shape index (κ3) is 1.42. The Labute approximate surface area is 84.4 Å². The lowest BCUT2D eigenvalue weighted by Crippen LogP contribution is -2.39. The van der Waals surface area contributed by atoms with Gasteiger partial charge in [-0.3, -0.25) is 0 Å². The maximum absolute atomic E-state index is 13.4.